The Morgan fingerprint density at radius 3 is 2.25 bits per heavy atom. The van der Waals surface area contributed by atoms with Gasteiger partial charge in [0.2, 0.25) is 0 Å². The monoisotopic (exact) mass is 206 g/mol. The molecule has 0 saturated heterocycles. The first-order valence-electron chi connectivity index (χ1n) is 5.11. The Kier molecular flexibility index (Phi) is 10.4. The van der Waals surface area contributed by atoms with Crippen LogP contribution in [0.4, 0.5) is 0 Å². The first-order valence-corrected chi connectivity index (χ1v) is 7.04. The fraction of sp³-hybridized carbons (Fsp3) is 1.00. The van der Waals surface area contributed by atoms with Crippen molar-refractivity contribution >= 4 is 22.5 Å². The lowest BCUT2D eigenvalue weighted by molar-refractivity contribution is 0.589. The lowest BCUT2D eigenvalue weighted by atomic mass is 10.1. The van der Waals surface area contributed by atoms with Crippen LogP contribution in [0.25, 0.3) is 0 Å². The molecule has 0 bridgehead atoms. The van der Waals surface area contributed by atoms with Crippen LogP contribution >= 0.6 is 22.5 Å². The quantitative estimate of drug-likeness (QED) is 0.341. The topological polar surface area (TPSA) is 0 Å². The van der Waals surface area contributed by atoms with E-state index in [0.29, 0.717) is 0 Å². The number of unbranched alkanes of at least 4 members (excludes halogenated alkanes) is 5. The van der Waals surface area contributed by atoms with E-state index in [9.17, 15) is 0 Å². The van der Waals surface area contributed by atoms with E-state index in [-0.39, 0.29) is 0 Å². The van der Waals surface area contributed by atoms with Crippen LogP contribution in [0.1, 0.15) is 58.8 Å². The summed E-state index contributed by atoms with van der Waals surface area (Å²) in [7, 11) is 1.69. The molecule has 0 heterocycles. The van der Waals surface area contributed by atoms with E-state index in [1.54, 1.807) is 10.8 Å². The van der Waals surface area contributed by atoms with Crippen LogP contribution in [0.3, 0.4) is 0 Å². The predicted molar refractivity (Wildman–Crippen MR) is 64.0 cm³/mol. The van der Waals surface area contributed by atoms with Gasteiger partial charge in [-0.25, -0.2) is 0 Å². The maximum absolute atomic E-state index is 4.19. The molecule has 0 rings (SSSR count). The summed E-state index contributed by atoms with van der Waals surface area (Å²) in [5, 5.41) is 0.736. The maximum atomic E-state index is 4.19. The molecule has 1 unspecified atom stereocenters. The van der Waals surface area contributed by atoms with E-state index < -0.39 is 0 Å². The van der Waals surface area contributed by atoms with Gasteiger partial charge in [-0.3, -0.25) is 0 Å². The molecule has 1 atom stereocenters. The molecule has 0 aliphatic rings. The molecule has 0 saturated carbocycles. The zero-order valence-corrected chi connectivity index (χ0v) is 10.1. The summed E-state index contributed by atoms with van der Waals surface area (Å²) in [6.07, 6.45) is 9.76. The molecule has 0 N–H and O–H groups in total. The van der Waals surface area contributed by atoms with Crippen molar-refractivity contribution in [3.05, 3.63) is 0 Å². The minimum atomic E-state index is 0.736. The van der Waals surface area contributed by atoms with Gasteiger partial charge in [0, 0.05) is 5.25 Å². The lowest BCUT2D eigenvalue weighted by Crippen LogP contribution is -1.92. The van der Waals surface area contributed by atoms with Crippen molar-refractivity contribution in [2.24, 2.45) is 0 Å². The normalized spacial score (nSPS) is 13.2. The Hall–Kier alpha value is 0.700. The summed E-state index contributed by atoms with van der Waals surface area (Å²) >= 11 is 4.19. The van der Waals surface area contributed by atoms with E-state index in [2.05, 4.69) is 25.5 Å². The Morgan fingerprint density at radius 1 is 1.08 bits per heavy atom. The van der Waals surface area contributed by atoms with Gasteiger partial charge < -0.3 is 0 Å². The van der Waals surface area contributed by atoms with Crippen molar-refractivity contribution in [2.75, 3.05) is 0 Å². The zero-order valence-electron chi connectivity index (χ0n) is 8.38. The van der Waals surface area contributed by atoms with Gasteiger partial charge in [0.25, 0.3) is 0 Å². The van der Waals surface area contributed by atoms with Crippen LogP contribution in [0.15, 0.2) is 0 Å². The molecule has 74 valence electrons. The molecule has 0 aromatic rings. The standard InChI is InChI=1S/C10H22S2/c1-3-4-5-6-7-8-9-10(2)12-11/h10-11H,3-9H2,1-2H3. The van der Waals surface area contributed by atoms with Gasteiger partial charge in [0.1, 0.15) is 0 Å². The van der Waals surface area contributed by atoms with Crippen LogP contribution in [-0.2, 0) is 0 Å². The predicted octanol–water partition coefficient (Wildman–Crippen LogP) is 4.70. The van der Waals surface area contributed by atoms with Gasteiger partial charge in [-0.15, -0.1) is 11.7 Å². The van der Waals surface area contributed by atoms with Gasteiger partial charge >= 0.3 is 0 Å². The van der Waals surface area contributed by atoms with Crippen LogP contribution in [-0.4, -0.2) is 5.25 Å². The molecule has 2 heteroatoms. The molecule has 0 aromatic heterocycles. The highest BCUT2D eigenvalue weighted by Crippen LogP contribution is 2.20. The molecule has 0 amide bonds. The Labute approximate surface area is 86.7 Å². The van der Waals surface area contributed by atoms with Crippen LogP contribution in [0.2, 0.25) is 0 Å². The average Bonchev–Trinajstić information content (AvgIpc) is 2.10. The van der Waals surface area contributed by atoms with Crippen LogP contribution in [0.5, 0.6) is 0 Å². The molecule has 12 heavy (non-hydrogen) atoms. The molecule has 0 radical (unpaired) electrons. The molecule has 0 fully saturated rings. The van der Waals surface area contributed by atoms with Crippen LogP contribution in [0, 0.1) is 0 Å². The summed E-state index contributed by atoms with van der Waals surface area (Å²) in [6.45, 7) is 4.52. The fourth-order valence-corrected chi connectivity index (χ4v) is 1.85. The summed E-state index contributed by atoms with van der Waals surface area (Å²) in [5.74, 6) is 0. The van der Waals surface area contributed by atoms with Gasteiger partial charge in [-0.05, 0) is 6.42 Å². The minimum Gasteiger partial charge on any atom is -0.111 e. The third kappa shape index (κ3) is 8.79. The van der Waals surface area contributed by atoms with Crippen molar-refractivity contribution in [3.8, 4) is 0 Å². The van der Waals surface area contributed by atoms with E-state index in [0.717, 1.165) is 5.25 Å². The SMILES string of the molecule is CCCCCCCCC(C)SS. The highest BCUT2D eigenvalue weighted by Gasteiger charge is 1.98. The van der Waals surface area contributed by atoms with Crippen molar-refractivity contribution in [2.45, 2.75) is 64.0 Å². The molecule has 0 spiro atoms. The van der Waals surface area contributed by atoms with Crippen molar-refractivity contribution < 1.29 is 0 Å². The van der Waals surface area contributed by atoms with Gasteiger partial charge in [-0.1, -0.05) is 63.2 Å². The van der Waals surface area contributed by atoms with E-state index in [1.165, 1.54) is 44.9 Å². The van der Waals surface area contributed by atoms with E-state index >= 15 is 0 Å². The minimum absolute atomic E-state index is 0.736. The Balaban J connectivity index is 2.90. The van der Waals surface area contributed by atoms with Crippen LogP contribution < -0.4 is 0 Å². The third-order valence-electron chi connectivity index (χ3n) is 2.14. The van der Waals surface area contributed by atoms with Gasteiger partial charge in [0.15, 0.2) is 0 Å². The molecule has 0 aliphatic carbocycles. The summed E-state index contributed by atoms with van der Waals surface area (Å²) in [4.78, 5) is 0. The number of hydrogen-bond acceptors (Lipinski definition) is 2. The number of hydrogen-bond donors (Lipinski definition) is 1. The molecule has 0 aliphatic heterocycles. The third-order valence-corrected chi connectivity index (χ3v) is 3.82. The van der Waals surface area contributed by atoms with Crippen molar-refractivity contribution in [3.63, 3.8) is 0 Å². The summed E-state index contributed by atoms with van der Waals surface area (Å²) < 4.78 is 0. The molecular formula is C10H22S2. The number of rotatable bonds is 8. The lowest BCUT2D eigenvalue weighted by Gasteiger charge is -2.05. The Bertz CT molecular complexity index is 83.9. The largest absolute Gasteiger partial charge is 0.111 e. The Morgan fingerprint density at radius 2 is 1.67 bits per heavy atom. The first-order chi connectivity index (χ1) is 5.81. The molecule has 0 aromatic carbocycles. The molecule has 0 nitrogen and oxygen atoms in total. The highest BCUT2D eigenvalue weighted by molar-refractivity contribution is 8.68. The average molecular weight is 206 g/mol. The second-order valence-electron chi connectivity index (χ2n) is 3.47. The van der Waals surface area contributed by atoms with Gasteiger partial charge in [0.05, 0.1) is 0 Å². The summed E-state index contributed by atoms with van der Waals surface area (Å²) in [6, 6.07) is 0. The maximum Gasteiger partial charge on any atom is 0.0120 e. The van der Waals surface area contributed by atoms with Crippen molar-refractivity contribution in [1.82, 2.24) is 0 Å². The number of thiol groups is 1. The smallest absolute Gasteiger partial charge is 0.0120 e. The van der Waals surface area contributed by atoms with Crippen molar-refractivity contribution in [1.29, 1.82) is 0 Å². The van der Waals surface area contributed by atoms with Gasteiger partial charge in [-0.2, -0.15) is 0 Å². The van der Waals surface area contributed by atoms with E-state index in [4.69, 9.17) is 0 Å². The highest BCUT2D eigenvalue weighted by atomic mass is 33.1. The molecular weight excluding hydrogens is 184 g/mol. The fourth-order valence-electron chi connectivity index (χ4n) is 1.26. The first kappa shape index (κ1) is 12.7. The second kappa shape index (κ2) is 9.79. The summed E-state index contributed by atoms with van der Waals surface area (Å²) in [5.41, 5.74) is 0. The van der Waals surface area contributed by atoms with E-state index in [1.807, 2.05) is 0 Å². The second-order valence-corrected chi connectivity index (χ2v) is 5.12. The zero-order chi connectivity index (χ0) is 9.23.